The van der Waals surface area contributed by atoms with Gasteiger partial charge in [-0.1, -0.05) is 55.4 Å². The third-order valence-corrected chi connectivity index (χ3v) is 18.8. The van der Waals surface area contributed by atoms with E-state index in [4.69, 9.17) is 28.2 Å². The summed E-state index contributed by atoms with van der Waals surface area (Å²) in [6.07, 6.45) is 1.51. The van der Waals surface area contributed by atoms with Crippen molar-refractivity contribution in [3.05, 3.63) is 12.7 Å². The molecule has 11 nitrogen and oxygen atoms in total. The van der Waals surface area contributed by atoms with Crippen LogP contribution in [0.3, 0.4) is 0 Å². The number of aromatic nitrogens is 4. The minimum Gasteiger partial charge on any atom is -0.414 e. The summed E-state index contributed by atoms with van der Waals surface area (Å²) in [4.78, 5) is 26.3. The fourth-order valence-corrected chi connectivity index (χ4v) is 17.7. The first-order chi connectivity index (χ1) is 18.8. The number of fused-ring (bicyclic) bond motifs is 2. The molecule has 0 saturated carbocycles. The Balaban J connectivity index is 1.93. The summed E-state index contributed by atoms with van der Waals surface area (Å²) < 4.78 is 36.8. The van der Waals surface area contributed by atoms with Crippen LogP contribution in [0.4, 0.5) is 5.82 Å². The molecule has 0 radical (unpaired) electrons. The summed E-state index contributed by atoms with van der Waals surface area (Å²) in [5, 5.41) is 0. The minimum absolute atomic E-state index is 0.0804. The predicted octanol–water partition coefficient (Wildman–Crippen LogP) is 4.93. The lowest BCUT2D eigenvalue weighted by Gasteiger charge is -2.52. The molecule has 1 unspecified atom stereocenters. The molecule has 40 heavy (non-hydrogen) atoms. The van der Waals surface area contributed by atoms with E-state index < -0.39 is 47.8 Å². The van der Waals surface area contributed by atoms with Crippen molar-refractivity contribution < 1.29 is 27.2 Å². The summed E-state index contributed by atoms with van der Waals surface area (Å²) >= 11 is 1.55. The van der Waals surface area contributed by atoms with Crippen LogP contribution in [0, 0.1) is 0 Å². The molecule has 0 bridgehead atoms. The van der Waals surface area contributed by atoms with Gasteiger partial charge in [-0.25, -0.2) is 15.0 Å². The molecule has 0 aromatic carbocycles. The van der Waals surface area contributed by atoms with Gasteiger partial charge in [0.2, 0.25) is 0 Å². The Labute approximate surface area is 243 Å². The summed E-state index contributed by atoms with van der Waals surface area (Å²) in [5.41, 5.74) is 7.46. The number of ether oxygens (including phenoxy) is 2. The number of hydrogen-bond donors (Lipinski definition) is 1. The van der Waals surface area contributed by atoms with E-state index in [1.807, 2.05) is 6.26 Å². The van der Waals surface area contributed by atoms with E-state index in [-0.39, 0.29) is 33.8 Å². The highest BCUT2D eigenvalue weighted by Gasteiger charge is 2.64. The second-order valence-corrected chi connectivity index (χ2v) is 21.6. The van der Waals surface area contributed by atoms with Gasteiger partial charge in [-0.2, -0.15) is 0 Å². The van der Waals surface area contributed by atoms with Crippen molar-refractivity contribution in [3.8, 4) is 0 Å². The average Bonchev–Trinajstić information content (AvgIpc) is 3.44. The quantitative estimate of drug-likeness (QED) is 0.306. The van der Waals surface area contributed by atoms with Crippen LogP contribution in [0.5, 0.6) is 0 Å². The van der Waals surface area contributed by atoms with Gasteiger partial charge in [0.1, 0.15) is 36.3 Å². The number of ketones is 1. The van der Waals surface area contributed by atoms with Crippen molar-refractivity contribution in [2.24, 2.45) is 0 Å². The zero-order chi connectivity index (χ0) is 29.6. The van der Waals surface area contributed by atoms with Crippen LogP contribution in [0.15, 0.2) is 12.7 Å². The van der Waals surface area contributed by atoms with Gasteiger partial charge < -0.3 is 28.2 Å². The smallest absolute Gasteiger partial charge is 0.335 e. The van der Waals surface area contributed by atoms with Crippen molar-refractivity contribution in [2.75, 3.05) is 17.9 Å². The van der Waals surface area contributed by atoms with E-state index in [0.29, 0.717) is 17.1 Å². The molecular formula is C26H45N5O6SSi2. The van der Waals surface area contributed by atoms with E-state index in [1.165, 1.54) is 6.33 Å². The molecule has 2 aliphatic heterocycles. The zero-order valence-electron chi connectivity index (χ0n) is 25.3. The van der Waals surface area contributed by atoms with Gasteiger partial charge in [0.25, 0.3) is 0 Å². The molecule has 2 aromatic rings. The topological polar surface area (TPSA) is 133 Å². The van der Waals surface area contributed by atoms with Crippen LogP contribution < -0.4 is 5.73 Å². The van der Waals surface area contributed by atoms with Crippen LogP contribution in [-0.2, 0) is 27.2 Å². The molecule has 4 rings (SSSR count). The number of hydrogen-bond acceptors (Lipinski definition) is 11. The molecular weight excluding hydrogens is 567 g/mol. The Morgan fingerprint density at radius 3 is 2.15 bits per heavy atom. The van der Waals surface area contributed by atoms with Crippen molar-refractivity contribution in [2.45, 2.75) is 115 Å². The Bertz CT molecular complexity index is 1180. The molecule has 0 spiro atoms. The average molecular weight is 612 g/mol. The van der Waals surface area contributed by atoms with Gasteiger partial charge in [0, 0.05) is 0 Å². The maximum absolute atomic E-state index is 13.4. The molecule has 5 atom stereocenters. The van der Waals surface area contributed by atoms with E-state index in [1.54, 1.807) is 29.6 Å². The number of nitrogen functional groups attached to an aromatic ring is 1. The standard InChI is InChI=1S/C26H45N5O6SSi2/c1-14(2)39(15(3)4)35-20(18(9)32)21-22(36-40(37-39,16(5)6)17(7)8)23(33-13-38-10)26(34-21)31-12-30-19-24(27)28-11-29-25(19)31/h11-12,14-17,20-23,26H,13H2,1-10H3,(H2,27,28,29)/t20?,21-,22-,23-,26-/m1/s1. The summed E-state index contributed by atoms with van der Waals surface area (Å²) in [7, 11) is -6.02. The summed E-state index contributed by atoms with van der Waals surface area (Å²) in [6, 6.07) is 0. The van der Waals surface area contributed by atoms with Crippen LogP contribution >= 0.6 is 11.8 Å². The molecule has 2 saturated heterocycles. The maximum Gasteiger partial charge on any atom is 0.335 e. The van der Waals surface area contributed by atoms with E-state index in [9.17, 15) is 4.79 Å². The lowest BCUT2D eigenvalue weighted by Crippen LogP contribution is -2.68. The molecule has 2 fully saturated rings. The summed E-state index contributed by atoms with van der Waals surface area (Å²) in [6.45, 7) is 18.7. The Morgan fingerprint density at radius 1 is 1.00 bits per heavy atom. The number of thioether (sulfide) groups is 1. The van der Waals surface area contributed by atoms with Gasteiger partial charge >= 0.3 is 17.1 Å². The van der Waals surface area contributed by atoms with E-state index in [2.05, 4.69) is 70.3 Å². The van der Waals surface area contributed by atoms with Crippen LogP contribution in [-0.4, -0.2) is 79.0 Å². The number of anilines is 1. The van der Waals surface area contributed by atoms with Crippen molar-refractivity contribution in [1.82, 2.24) is 19.5 Å². The normalized spacial score (nSPS) is 28.4. The first kappa shape index (κ1) is 31.5. The zero-order valence-corrected chi connectivity index (χ0v) is 28.1. The lowest BCUT2D eigenvalue weighted by atomic mass is 10.0. The van der Waals surface area contributed by atoms with Crippen LogP contribution in [0.25, 0.3) is 11.2 Å². The fourth-order valence-electron chi connectivity index (χ4n) is 6.09. The highest BCUT2D eigenvalue weighted by molar-refractivity contribution is 7.98. The van der Waals surface area contributed by atoms with Crippen molar-refractivity contribution >= 4 is 51.6 Å². The van der Waals surface area contributed by atoms with Crippen LogP contribution in [0.2, 0.25) is 22.2 Å². The van der Waals surface area contributed by atoms with Gasteiger partial charge in [0.15, 0.2) is 23.5 Å². The second-order valence-electron chi connectivity index (χ2n) is 12.0. The molecule has 0 aliphatic carbocycles. The molecule has 2 aromatic heterocycles. The van der Waals surface area contributed by atoms with E-state index >= 15 is 0 Å². The Hall–Kier alpha value is -1.40. The molecule has 14 heteroatoms. The summed E-state index contributed by atoms with van der Waals surface area (Å²) in [5.74, 6) is 0.552. The number of rotatable bonds is 9. The fraction of sp³-hybridized carbons (Fsp3) is 0.769. The number of nitrogens with zero attached hydrogens (tertiary/aromatic N) is 4. The molecule has 4 heterocycles. The Kier molecular flexibility index (Phi) is 9.52. The van der Waals surface area contributed by atoms with Crippen molar-refractivity contribution in [1.29, 1.82) is 0 Å². The second kappa shape index (κ2) is 12.1. The predicted molar refractivity (Wildman–Crippen MR) is 160 cm³/mol. The first-order valence-corrected chi connectivity index (χ1v) is 19.4. The number of nitrogens with two attached hydrogens (primary N) is 1. The number of carbonyl (C=O) groups excluding carboxylic acids is 1. The van der Waals surface area contributed by atoms with Gasteiger partial charge in [-0.15, -0.1) is 11.8 Å². The Morgan fingerprint density at radius 2 is 1.60 bits per heavy atom. The SMILES string of the molecule is CSCO[C@@H]1[C@@H]2O[Si](C(C)C)(C(C)C)O[Si](C(C)C)(C(C)C)OC(C(C)=O)[C@H]2O[C@H]1n1cnc2c(N)ncnc21. The molecule has 2 N–H and O–H groups in total. The molecule has 0 amide bonds. The third-order valence-electron chi connectivity index (χ3n) is 8.13. The molecule has 224 valence electrons. The monoisotopic (exact) mass is 611 g/mol. The van der Waals surface area contributed by atoms with Gasteiger partial charge in [0.05, 0.1) is 12.3 Å². The minimum atomic E-state index is -3.02. The van der Waals surface area contributed by atoms with Gasteiger partial charge in [-0.05, 0) is 35.3 Å². The van der Waals surface area contributed by atoms with Crippen molar-refractivity contribution in [3.63, 3.8) is 0 Å². The van der Waals surface area contributed by atoms with Crippen LogP contribution in [0.1, 0.15) is 68.5 Å². The highest BCUT2D eigenvalue weighted by atomic mass is 32.2. The molecule has 2 aliphatic rings. The van der Waals surface area contributed by atoms with E-state index in [0.717, 1.165) is 0 Å². The third kappa shape index (κ3) is 5.30. The number of Topliss-reactive ketones (excluding diaryl/α,β-unsaturated/α-hetero) is 1. The first-order valence-electron chi connectivity index (χ1n) is 14.1. The maximum atomic E-state index is 13.4. The number of carbonyl (C=O) groups is 1. The van der Waals surface area contributed by atoms with Gasteiger partial charge in [-0.3, -0.25) is 9.36 Å². The largest absolute Gasteiger partial charge is 0.414 e. The highest BCUT2D eigenvalue weighted by Crippen LogP contribution is 2.50. The lowest BCUT2D eigenvalue weighted by molar-refractivity contribution is -0.141. The number of imidazole rings is 1.